The highest BCUT2D eigenvalue weighted by Gasteiger charge is 2.27. The van der Waals surface area contributed by atoms with Crippen LogP contribution in [0.25, 0.3) is 0 Å². The summed E-state index contributed by atoms with van der Waals surface area (Å²) < 4.78 is 23.6. The number of nitrogens with one attached hydrogen (secondary N) is 1. The van der Waals surface area contributed by atoms with Gasteiger partial charge in [-0.25, -0.2) is 8.42 Å². The summed E-state index contributed by atoms with van der Waals surface area (Å²) in [5.41, 5.74) is 0.997. The number of carbonyl (C=O) groups excluding carboxylic acids is 2. The second-order valence-corrected chi connectivity index (χ2v) is 7.92. The molecule has 1 aromatic rings. The number of benzene rings is 1. The minimum atomic E-state index is -3.37. The Morgan fingerprint density at radius 1 is 1.22 bits per heavy atom. The molecule has 1 heterocycles. The quantitative estimate of drug-likeness (QED) is 0.891. The third-order valence-corrected chi connectivity index (χ3v) is 5.47. The lowest BCUT2D eigenvalue weighted by atomic mass is 9.95. The van der Waals surface area contributed by atoms with Crippen molar-refractivity contribution in [3.05, 3.63) is 29.3 Å². The first-order valence-electron chi connectivity index (χ1n) is 7.55. The lowest BCUT2D eigenvalue weighted by Crippen LogP contribution is -2.42. The highest BCUT2D eigenvalue weighted by Crippen LogP contribution is 2.22. The van der Waals surface area contributed by atoms with Gasteiger partial charge in [-0.05, 0) is 37.5 Å². The van der Waals surface area contributed by atoms with E-state index in [4.69, 9.17) is 0 Å². The summed E-state index contributed by atoms with van der Waals surface area (Å²) >= 11 is 0. The van der Waals surface area contributed by atoms with Gasteiger partial charge < -0.3 is 10.2 Å². The molecule has 1 fully saturated rings. The fourth-order valence-electron chi connectivity index (χ4n) is 2.86. The summed E-state index contributed by atoms with van der Waals surface area (Å²) in [4.78, 5) is 26.1. The number of rotatable bonds is 3. The van der Waals surface area contributed by atoms with Crippen molar-refractivity contribution < 1.29 is 18.0 Å². The maximum Gasteiger partial charge on any atom is 0.253 e. The standard InChI is InChI=1S/C16H22N2O4S/c1-11-4-5-13(10-14(11)23(3,21)22)16(20)18-8-6-12(7-9-18)15(19)17-2/h4-5,10,12H,6-9H2,1-3H3,(H,17,19). The van der Waals surface area contributed by atoms with E-state index in [0.29, 0.717) is 37.1 Å². The van der Waals surface area contributed by atoms with E-state index in [2.05, 4.69) is 5.32 Å². The molecule has 0 saturated carbocycles. The third kappa shape index (κ3) is 3.90. The summed E-state index contributed by atoms with van der Waals surface area (Å²) in [6.07, 6.45) is 2.38. The Balaban J connectivity index is 2.15. The minimum absolute atomic E-state index is 0.00629. The lowest BCUT2D eigenvalue weighted by Gasteiger charge is -2.31. The van der Waals surface area contributed by atoms with Gasteiger partial charge in [-0.1, -0.05) is 6.07 Å². The molecule has 7 heteroatoms. The first-order chi connectivity index (χ1) is 10.7. The van der Waals surface area contributed by atoms with E-state index in [0.717, 1.165) is 6.26 Å². The fraction of sp³-hybridized carbons (Fsp3) is 0.500. The molecule has 1 N–H and O–H groups in total. The zero-order valence-corrected chi connectivity index (χ0v) is 14.4. The Kier molecular flexibility index (Phi) is 5.09. The molecule has 1 aliphatic heterocycles. The van der Waals surface area contributed by atoms with Crippen LogP contribution < -0.4 is 5.32 Å². The van der Waals surface area contributed by atoms with Crippen LogP contribution in [0.1, 0.15) is 28.8 Å². The summed E-state index contributed by atoms with van der Waals surface area (Å²) in [6.45, 7) is 2.71. The third-order valence-electron chi connectivity index (χ3n) is 4.23. The Morgan fingerprint density at radius 3 is 2.35 bits per heavy atom. The number of carbonyl (C=O) groups is 2. The van der Waals surface area contributed by atoms with Gasteiger partial charge in [-0.15, -0.1) is 0 Å². The average molecular weight is 338 g/mol. The van der Waals surface area contributed by atoms with Crippen LogP contribution >= 0.6 is 0 Å². The molecule has 0 unspecified atom stereocenters. The molecule has 0 spiro atoms. The van der Waals surface area contributed by atoms with Crippen molar-refractivity contribution in [2.24, 2.45) is 5.92 Å². The van der Waals surface area contributed by atoms with Gasteiger partial charge in [0.05, 0.1) is 4.90 Å². The average Bonchev–Trinajstić information content (AvgIpc) is 2.53. The number of hydrogen-bond donors (Lipinski definition) is 1. The van der Waals surface area contributed by atoms with E-state index in [9.17, 15) is 18.0 Å². The van der Waals surface area contributed by atoms with Gasteiger partial charge in [0.1, 0.15) is 0 Å². The first-order valence-corrected chi connectivity index (χ1v) is 9.44. The normalized spacial score (nSPS) is 16.2. The number of piperidine rings is 1. The zero-order chi connectivity index (χ0) is 17.2. The Bertz CT molecular complexity index is 720. The molecule has 0 aliphatic carbocycles. The summed E-state index contributed by atoms with van der Waals surface area (Å²) in [5.74, 6) is -0.245. The van der Waals surface area contributed by atoms with E-state index >= 15 is 0 Å². The van der Waals surface area contributed by atoms with Gasteiger partial charge in [-0.2, -0.15) is 0 Å². The van der Waals surface area contributed by atoms with Crippen LogP contribution in [0.2, 0.25) is 0 Å². The molecule has 0 bridgehead atoms. The van der Waals surface area contributed by atoms with Crippen molar-refractivity contribution in [2.45, 2.75) is 24.7 Å². The van der Waals surface area contributed by atoms with Gasteiger partial charge in [-0.3, -0.25) is 9.59 Å². The Labute approximate surface area is 136 Å². The number of amides is 2. The number of nitrogens with zero attached hydrogens (tertiary/aromatic N) is 1. The molecule has 0 radical (unpaired) electrons. The molecule has 23 heavy (non-hydrogen) atoms. The van der Waals surface area contributed by atoms with Crippen LogP contribution in [0.5, 0.6) is 0 Å². The molecule has 0 aromatic heterocycles. The van der Waals surface area contributed by atoms with Gasteiger partial charge in [0, 0.05) is 37.9 Å². The summed E-state index contributed by atoms with van der Waals surface area (Å²) in [5, 5.41) is 2.63. The molecule has 126 valence electrons. The van der Waals surface area contributed by atoms with Crippen LogP contribution in [0, 0.1) is 12.8 Å². The molecule has 2 rings (SSSR count). The number of hydrogen-bond acceptors (Lipinski definition) is 4. The van der Waals surface area contributed by atoms with Crippen molar-refractivity contribution in [2.75, 3.05) is 26.4 Å². The predicted molar refractivity (Wildman–Crippen MR) is 87.0 cm³/mol. The second-order valence-electron chi connectivity index (χ2n) is 5.93. The molecule has 6 nitrogen and oxygen atoms in total. The van der Waals surface area contributed by atoms with E-state index in [1.807, 2.05) is 0 Å². The van der Waals surface area contributed by atoms with Crippen LogP contribution in [0.3, 0.4) is 0 Å². The van der Waals surface area contributed by atoms with Crippen LogP contribution in [0.15, 0.2) is 23.1 Å². The molecule has 2 amide bonds. The lowest BCUT2D eigenvalue weighted by molar-refractivity contribution is -0.125. The molecular formula is C16H22N2O4S. The first kappa shape index (κ1) is 17.5. The Hall–Kier alpha value is -1.89. The molecular weight excluding hydrogens is 316 g/mol. The van der Waals surface area contributed by atoms with Crippen LogP contribution in [-0.2, 0) is 14.6 Å². The maximum atomic E-state index is 12.6. The topological polar surface area (TPSA) is 83.6 Å². The van der Waals surface area contributed by atoms with Crippen molar-refractivity contribution in [3.63, 3.8) is 0 Å². The van der Waals surface area contributed by atoms with Crippen molar-refractivity contribution in [3.8, 4) is 0 Å². The van der Waals surface area contributed by atoms with Crippen molar-refractivity contribution >= 4 is 21.7 Å². The fourth-order valence-corrected chi connectivity index (χ4v) is 3.86. The highest BCUT2D eigenvalue weighted by atomic mass is 32.2. The van der Waals surface area contributed by atoms with Crippen LogP contribution in [-0.4, -0.2) is 51.5 Å². The van der Waals surface area contributed by atoms with Gasteiger partial charge in [0.2, 0.25) is 5.91 Å². The Morgan fingerprint density at radius 2 is 1.83 bits per heavy atom. The number of aryl methyl sites for hydroxylation is 1. The number of likely N-dealkylation sites (tertiary alicyclic amines) is 1. The predicted octanol–water partition coefficient (Wildman–Crippen LogP) is 0.997. The van der Waals surface area contributed by atoms with Crippen molar-refractivity contribution in [1.82, 2.24) is 10.2 Å². The smallest absolute Gasteiger partial charge is 0.253 e. The van der Waals surface area contributed by atoms with E-state index in [1.54, 1.807) is 31.0 Å². The maximum absolute atomic E-state index is 12.6. The summed E-state index contributed by atoms with van der Waals surface area (Å²) in [6, 6.07) is 4.75. The van der Waals surface area contributed by atoms with E-state index in [-0.39, 0.29) is 22.6 Å². The molecule has 1 aliphatic rings. The monoisotopic (exact) mass is 338 g/mol. The largest absolute Gasteiger partial charge is 0.359 e. The number of sulfone groups is 1. The SMILES string of the molecule is CNC(=O)C1CCN(C(=O)c2ccc(C)c(S(C)(=O)=O)c2)CC1. The summed E-state index contributed by atoms with van der Waals surface area (Å²) in [7, 11) is -1.76. The van der Waals surface area contributed by atoms with Gasteiger partial charge in [0.15, 0.2) is 9.84 Å². The highest BCUT2D eigenvalue weighted by molar-refractivity contribution is 7.90. The molecule has 1 aromatic carbocycles. The van der Waals surface area contributed by atoms with Crippen LogP contribution in [0.4, 0.5) is 0 Å². The molecule has 1 saturated heterocycles. The van der Waals surface area contributed by atoms with E-state index in [1.165, 1.54) is 6.07 Å². The second kappa shape index (κ2) is 6.70. The van der Waals surface area contributed by atoms with E-state index < -0.39 is 9.84 Å². The van der Waals surface area contributed by atoms with Gasteiger partial charge in [0.25, 0.3) is 5.91 Å². The molecule has 0 atom stereocenters. The zero-order valence-electron chi connectivity index (χ0n) is 13.6. The minimum Gasteiger partial charge on any atom is -0.359 e. The van der Waals surface area contributed by atoms with Gasteiger partial charge >= 0.3 is 0 Å². The van der Waals surface area contributed by atoms with Crippen molar-refractivity contribution in [1.29, 1.82) is 0 Å².